The molecule has 0 fully saturated rings. The van der Waals surface area contributed by atoms with E-state index in [4.69, 9.17) is 4.74 Å². The van der Waals surface area contributed by atoms with Crippen LogP contribution in [-0.2, 0) is 9.53 Å². The summed E-state index contributed by atoms with van der Waals surface area (Å²) in [5, 5.41) is 9.25. The number of esters is 1. The molecule has 6 heteroatoms. The third kappa shape index (κ3) is 5.60. The molecule has 2 aromatic rings. The summed E-state index contributed by atoms with van der Waals surface area (Å²) in [4.78, 5) is 27.6. The van der Waals surface area contributed by atoms with Gasteiger partial charge >= 0.3 is 5.97 Å². The molecule has 142 valence electrons. The molecule has 2 rings (SSSR count). The van der Waals surface area contributed by atoms with Crippen LogP contribution < -0.4 is 0 Å². The van der Waals surface area contributed by atoms with Crippen molar-refractivity contribution >= 4 is 23.6 Å². The van der Waals surface area contributed by atoms with Crippen LogP contribution >= 0.6 is 11.8 Å². The topological polar surface area (TPSA) is 70.4 Å². The number of carbonyl (C=O) groups is 2. The van der Waals surface area contributed by atoms with Gasteiger partial charge in [-0.25, -0.2) is 4.79 Å². The number of carbonyl (C=O) groups excluding carboxylic acids is 2. The number of rotatable bonds is 9. The number of hydrogen-bond donors (Lipinski definition) is 0. The van der Waals surface area contributed by atoms with Gasteiger partial charge in [-0.3, -0.25) is 4.79 Å². The predicted octanol–water partition coefficient (Wildman–Crippen LogP) is 4.07. The monoisotopic (exact) mass is 392 g/mol. The highest BCUT2D eigenvalue weighted by Crippen LogP contribution is 2.32. The fourth-order valence-electron chi connectivity index (χ4n) is 2.38. The van der Waals surface area contributed by atoms with Crippen molar-refractivity contribution in [3.63, 3.8) is 0 Å². The van der Waals surface area contributed by atoms with Gasteiger partial charge in [0.1, 0.15) is 6.07 Å². The van der Waals surface area contributed by atoms with Crippen LogP contribution in [0.3, 0.4) is 0 Å². The Bertz CT molecular complexity index is 908. The summed E-state index contributed by atoms with van der Waals surface area (Å²) < 4.78 is 5.22. The second-order valence-corrected chi connectivity index (χ2v) is 6.74. The van der Waals surface area contributed by atoms with Crippen LogP contribution in [0.2, 0.25) is 0 Å². The van der Waals surface area contributed by atoms with Gasteiger partial charge in [-0.05, 0) is 24.3 Å². The Hall–Kier alpha value is -3.30. The van der Waals surface area contributed by atoms with Crippen molar-refractivity contribution in [3.05, 3.63) is 85.0 Å². The van der Waals surface area contributed by atoms with Crippen molar-refractivity contribution in [3.8, 4) is 6.07 Å². The SMILES string of the molecule is C=CCN(CC=C)C(=O)COC(=O)c1ccccc1Sc1ccccc1C#N. The Morgan fingerprint density at radius 2 is 1.64 bits per heavy atom. The fraction of sp³-hybridized carbons (Fsp3) is 0.136. The molecule has 0 spiro atoms. The highest BCUT2D eigenvalue weighted by Gasteiger charge is 2.18. The molecule has 0 aliphatic heterocycles. The maximum Gasteiger partial charge on any atom is 0.339 e. The van der Waals surface area contributed by atoms with Crippen molar-refractivity contribution in [2.75, 3.05) is 19.7 Å². The first kappa shape index (κ1) is 21.0. The van der Waals surface area contributed by atoms with Crippen molar-refractivity contribution in [1.29, 1.82) is 5.26 Å². The van der Waals surface area contributed by atoms with Crippen molar-refractivity contribution in [2.45, 2.75) is 9.79 Å². The minimum absolute atomic E-state index is 0.326. The van der Waals surface area contributed by atoms with Crippen LogP contribution in [-0.4, -0.2) is 36.5 Å². The number of benzene rings is 2. The standard InChI is InChI=1S/C22H20N2O3S/c1-3-13-24(14-4-2)21(25)16-27-22(26)18-10-6-8-12-20(18)28-19-11-7-5-9-17(19)15-23/h3-12H,1-2,13-14,16H2. The molecule has 1 amide bonds. The predicted molar refractivity (Wildman–Crippen MR) is 109 cm³/mol. The maximum absolute atomic E-state index is 12.5. The van der Waals surface area contributed by atoms with Crippen molar-refractivity contribution in [1.82, 2.24) is 4.90 Å². The quantitative estimate of drug-likeness (QED) is 0.475. The number of hydrogen-bond acceptors (Lipinski definition) is 5. The van der Waals surface area contributed by atoms with E-state index in [0.717, 1.165) is 4.90 Å². The summed E-state index contributed by atoms with van der Waals surface area (Å²) in [6.07, 6.45) is 3.20. The molecule has 0 aromatic heterocycles. The smallest absolute Gasteiger partial charge is 0.339 e. The molecule has 0 aliphatic rings. The molecule has 0 saturated carbocycles. The third-order valence-corrected chi connectivity index (χ3v) is 4.86. The van der Waals surface area contributed by atoms with Gasteiger partial charge in [0.2, 0.25) is 0 Å². The molecule has 0 heterocycles. The number of ether oxygens (including phenoxy) is 1. The van der Waals surface area contributed by atoms with E-state index in [1.54, 1.807) is 48.6 Å². The first-order valence-electron chi connectivity index (χ1n) is 8.53. The van der Waals surface area contributed by atoms with E-state index in [-0.39, 0.29) is 12.5 Å². The molecular formula is C22H20N2O3S. The lowest BCUT2D eigenvalue weighted by Gasteiger charge is -2.19. The second kappa shape index (κ2) is 10.8. The van der Waals surface area contributed by atoms with Crippen LogP contribution in [0.25, 0.3) is 0 Å². The van der Waals surface area contributed by atoms with Gasteiger partial charge in [0.25, 0.3) is 5.91 Å². The molecule has 0 bridgehead atoms. The molecule has 0 N–H and O–H groups in total. The van der Waals surface area contributed by atoms with E-state index < -0.39 is 5.97 Å². The van der Waals surface area contributed by atoms with Crippen LogP contribution in [0.15, 0.2) is 83.6 Å². The highest BCUT2D eigenvalue weighted by molar-refractivity contribution is 7.99. The zero-order valence-electron chi connectivity index (χ0n) is 15.3. The Labute approximate surface area is 168 Å². The van der Waals surface area contributed by atoms with E-state index in [9.17, 15) is 14.9 Å². The molecule has 0 atom stereocenters. The molecule has 0 saturated heterocycles. The molecule has 0 radical (unpaired) electrons. The third-order valence-electron chi connectivity index (χ3n) is 3.71. The number of amides is 1. The minimum atomic E-state index is -0.594. The van der Waals surface area contributed by atoms with E-state index >= 15 is 0 Å². The Balaban J connectivity index is 2.12. The molecule has 2 aromatic carbocycles. The van der Waals surface area contributed by atoms with Gasteiger partial charge in [0.15, 0.2) is 6.61 Å². The lowest BCUT2D eigenvalue weighted by Crippen LogP contribution is -2.35. The summed E-state index contributed by atoms with van der Waals surface area (Å²) in [6, 6.07) is 16.2. The van der Waals surface area contributed by atoms with E-state index in [1.807, 2.05) is 12.1 Å². The van der Waals surface area contributed by atoms with Crippen LogP contribution in [0.4, 0.5) is 0 Å². The first-order valence-corrected chi connectivity index (χ1v) is 9.35. The molecular weight excluding hydrogens is 372 g/mol. The summed E-state index contributed by atoms with van der Waals surface area (Å²) in [6.45, 7) is 7.55. The minimum Gasteiger partial charge on any atom is -0.452 e. The largest absolute Gasteiger partial charge is 0.452 e. The summed E-state index contributed by atoms with van der Waals surface area (Å²) in [5.41, 5.74) is 0.863. The average molecular weight is 392 g/mol. The van der Waals surface area contributed by atoms with Gasteiger partial charge in [0.05, 0.1) is 11.1 Å². The van der Waals surface area contributed by atoms with Gasteiger partial charge < -0.3 is 9.64 Å². The van der Waals surface area contributed by atoms with Crippen LogP contribution in [0.1, 0.15) is 15.9 Å². The van der Waals surface area contributed by atoms with Crippen LogP contribution in [0.5, 0.6) is 0 Å². The second-order valence-electron chi connectivity index (χ2n) is 5.66. The lowest BCUT2D eigenvalue weighted by atomic mass is 10.2. The van der Waals surface area contributed by atoms with Crippen molar-refractivity contribution < 1.29 is 14.3 Å². The molecule has 0 unspecified atom stereocenters. The summed E-state index contributed by atoms with van der Waals surface area (Å²) >= 11 is 1.31. The molecule has 5 nitrogen and oxygen atoms in total. The Morgan fingerprint density at radius 3 is 2.29 bits per heavy atom. The van der Waals surface area contributed by atoms with E-state index in [0.29, 0.717) is 29.1 Å². The van der Waals surface area contributed by atoms with E-state index in [2.05, 4.69) is 19.2 Å². The maximum atomic E-state index is 12.5. The normalized spacial score (nSPS) is 9.82. The van der Waals surface area contributed by atoms with Crippen molar-refractivity contribution in [2.24, 2.45) is 0 Å². The fourth-order valence-corrected chi connectivity index (χ4v) is 3.39. The zero-order chi connectivity index (χ0) is 20.4. The van der Waals surface area contributed by atoms with Gasteiger partial charge in [0, 0.05) is 22.9 Å². The highest BCUT2D eigenvalue weighted by atomic mass is 32.2. The van der Waals surface area contributed by atoms with Gasteiger partial charge in [-0.1, -0.05) is 48.2 Å². The zero-order valence-corrected chi connectivity index (χ0v) is 16.2. The molecule has 0 aliphatic carbocycles. The summed E-state index contributed by atoms with van der Waals surface area (Å²) in [5.74, 6) is -0.920. The van der Waals surface area contributed by atoms with Crippen LogP contribution in [0, 0.1) is 11.3 Å². The molecule has 28 heavy (non-hydrogen) atoms. The van der Waals surface area contributed by atoms with Gasteiger partial charge in [-0.15, -0.1) is 13.2 Å². The lowest BCUT2D eigenvalue weighted by molar-refractivity contribution is -0.133. The number of nitrogens with zero attached hydrogens (tertiary/aromatic N) is 2. The van der Waals surface area contributed by atoms with E-state index in [1.165, 1.54) is 16.7 Å². The average Bonchev–Trinajstić information content (AvgIpc) is 2.72. The summed E-state index contributed by atoms with van der Waals surface area (Å²) in [7, 11) is 0. The first-order chi connectivity index (χ1) is 13.6. The Kier molecular flexibility index (Phi) is 8.07. The Morgan fingerprint density at radius 1 is 1.04 bits per heavy atom. The van der Waals surface area contributed by atoms with Gasteiger partial charge in [-0.2, -0.15) is 5.26 Å². The number of nitriles is 1.